The van der Waals surface area contributed by atoms with E-state index in [1.807, 2.05) is 6.92 Å². The summed E-state index contributed by atoms with van der Waals surface area (Å²) in [7, 11) is 0. The molecule has 0 spiro atoms. The molecule has 27 heavy (non-hydrogen) atoms. The van der Waals surface area contributed by atoms with E-state index in [2.05, 4.69) is 50.1 Å². The Morgan fingerprint density at radius 1 is 1.33 bits per heavy atom. The molecule has 0 saturated heterocycles. The molecule has 1 atom stereocenters. The van der Waals surface area contributed by atoms with Crippen LogP contribution < -0.4 is 10.6 Å². The van der Waals surface area contributed by atoms with E-state index in [4.69, 9.17) is 0 Å². The van der Waals surface area contributed by atoms with Crippen molar-refractivity contribution in [1.29, 1.82) is 0 Å². The fourth-order valence-corrected chi connectivity index (χ4v) is 3.75. The number of amides is 2. The molecule has 2 aromatic rings. The number of nitrogens with one attached hydrogen (secondary N) is 2. The minimum absolute atomic E-state index is 0.0164. The van der Waals surface area contributed by atoms with Crippen LogP contribution in [0.5, 0.6) is 0 Å². The zero-order valence-electron chi connectivity index (χ0n) is 15.4. The number of fused-ring (bicyclic) bond motifs is 2. The number of hydrogen-bond donors (Lipinski definition) is 2. The lowest BCUT2D eigenvalue weighted by molar-refractivity contribution is 0.0880. The third-order valence-electron chi connectivity index (χ3n) is 5.14. The molecule has 0 saturated carbocycles. The molecule has 2 N–H and O–H groups in total. The van der Waals surface area contributed by atoms with Crippen LogP contribution in [0.4, 0.5) is 0 Å². The van der Waals surface area contributed by atoms with Gasteiger partial charge in [0.2, 0.25) is 0 Å². The molecule has 3 heterocycles. The Hall–Kier alpha value is -2.74. The van der Waals surface area contributed by atoms with Crippen LogP contribution in [-0.2, 0) is 19.5 Å². The maximum atomic E-state index is 12.4. The highest BCUT2D eigenvalue weighted by Gasteiger charge is 2.30. The lowest BCUT2D eigenvalue weighted by Crippen LogP contribution is -2.43. The molecule has 0 radical (unpaired) electrons. The summed E-state index contributed by atoms with van der Waals surface area (Å²) >= 11 is 0. The number of nitrogens with zero attached hydrogens (tertiary/aromatic N) is 4. The molecule has 2 amide bonds. The van der Waals surface area contributed by atoms with Gasteiger partial charge in [0, 0.05) is 32.2 Å². The van der Waals surface area contributed by atoms with Crippen LogP contribution in [0.1, 0.15) is 45.4 Å². The molecule has 0 unspecified atom stereocenters. The van der Waals surface area contributed by atoms with Crippen LogP contribution in [0, 0.1) is 0 Å². The molecule has 4 rings (SSSR count). The van der Waals surface area contributed by atoms with Crippen LogP contribution in [-0.4, -0.2) is 57.4 Å². The van der Waals surface area contributed by atoms with Gasteiger partial charge in [0.1, 0.15) is 0 Å². The zero-order chi connectivity index (χ0) is 18.8. The standard InChI is InChI=1S/C19H24N6O2/c1-13-11-25-17(19(27)21-13)16(22-23-25)18(26)20-8-4-9-24-10-7-14-5-2-3-6-15(14)12-24/h2-3,5-6,13H,4,7-12H2,1H3,(H,20,26)(H,21,27)/t13-/m0/s1. The summed E-state index contributed by atoms with van der Waals surface area (Å²) in [5, 5.41) is 13.5. The van der Waals surface area contributed by atoms with Crippen molar-refractivity contribution < 1.29 is 9.59 Å². The van der Waals surface area contributed by atoms with Gasteiger partial charge in [-0.3, -0.25) is 14.5 Å². The van der Waals surface area contributed by atoms with Crippen molar-refractivity contribution in [2.45, 2.75) is 38.9 Å². The summed E-state index contributed by atoms with van der Waals surface area (Å²) in [6.07, 6.45) is 1.92. The Bertz CT molecular complexity index is 862. The van der Waals surface area contributed by atoms with E-state index in [9.17, 15) is 9.59 Å². The summed E-state index contributed by atoms with van der Waals surface area (Å²) in [6, 6.07) is 8.54. The first-order chi connectivity index (χ1) is 13.1. The number of hydrogen-bond acceptors (Lipinski definition) is 5. The van der Waals surface area contributed by atoms with Gasteiger partial charge in [-0.15, -0.1) is 5.10 Å². The maximum absolute atomic E-state index is 12.4. The number of benzene rings is 1. The van der Waals surface area contributed by atoms with Crippen LogP contribution in [0.15, 0.2) is 24.3 Å². The lowest BCUT2D eigenvalue weighted by atomic mass is 10.00. The second-order valence-corrected chi connectivity index (χ2v) is 7.25. The van der Waals surface area contributed by atoms with Gasteiger partial charge in [-0.05, 0) is 30.9 Å². The number of carbonyl (C=O) groups excluding carboxylic acids is 2. The summed E-state index contributed by atoms with van der Waals surface area (Å²) in [4.78, 5) is 26.9. The van der Waals surface area contributed by atoms with Gasteiger partial charge in [-0.2, -0.15) is 0 Å². The van der Waals surface area contributed by atoms with E-state index in [0.717, 1.165) is 32.5 Å². The Kier molecular flexibility index (Phi) is 4.89. The smallest absolute Gasteiger partial charge is 0.274 e. The molecule has 1 aromatic heterocycles. The van der Waals surface area contributed by atoms with Crippen LogP contribution >= 0.6 is 0 Å². The molecule has 142 valence electrons. The van der Waals surface area contributed by atoms with Gasteiger partial charge in [0.15, 0.2) is 11.4 Å². The van der Waals surface area contributed by atoms with Crippen LogP contribution in [0.25, 0.3) is 0 Å². The summed E-state index contributed by atoms with van der Waals surface area (Å²) in [5.41, 5.74) is 3.18. The highest BCUT2D eigenvalue weighted by molar-refractivity contribution is 6.05. The molecule has 8 heteroatoms. The predicted molar refractivity (Wildman–Crippen MR) is 99.3 cm³/mol. The van der Waals surface area contributed by atoms with E-state index in [-0.39, 0.29) is 29.2 Å². The monoisotopic (exact) mass is 368 g/mol. The molecule has 0 aliphatic carbocycles. The van der Waals surface area contributed by atoms with Gasteiger partial charge >= 0.3 is 0 Å². The molecule has 2 aliphatic heterocycles. The van der Waals surface area contributed by atoms with E-state index in [1.165, 1.54) is 15.8 Å². The second kappa shape index (κ2) is 7.48. The van der Waals surface area contributed by atoms with Crippen molar-refractivity contribution in [3.05, 3.63) is 46.8 Å². The number of aromatic nitrogens is 3. The first-order valence-electron chi connectivity index (χ1n) is 9.43. The van der Waals surface area contributed by atoms with Crippen LogP contribution in [0.3, 0.4) is 0 Å². The van der Waals surface area contributed by atoms with Gasteiger partial charge in [0.25, 0.3) is 11.8 Å². The Labute approximate surface area is 157 Å². The van der Waals surface area contributed by atoms with Gasteiger partial charge in [0.05, 0.1) is 6.54 Å². The quantitative estimate of drug-likeness (QED) is 0.754. The van der Waals surface area contributed by atoms with E-state index in [0.29, 0.717) is 13.1 Å². The third kappa shape index (κ3) is 3.71. The van der Waals surface area contributed by atoms with Gasteiger partial charge in [-0.1, -0.05) is 29.5 Å². The van der Waals surface area contributed by atoms with E-state index in [1.54, 1.807) is 0 Å². The van der Waals surface area contributed by atoms with Crippen molar-refractivity contribution >= 4 is 11.8 Å². The van der Waals surface area contributed by atoms with Crippen molar-refractivity contribution in [1.82, 2.24) is 30.5 Å². The fourth-order valence-electron chi connectivity index (χ4n) is 3.75. The normalized spacial score (nSPS) is 19.1. The minimum atomic E-state index is -0.343. The van der Waals surface area contributed by atoms with Gasteiger partial charge < -0.3 is 10.6 Å². The highest BCUT2D eigenvalue weighted by atomic mass is 16.2. The zero-order valence-corrected chi connectivity index (χ0v) is 15.4. The second-order valence-electron chi connectivity index (χ2n) is 7.25. The van der Waals surface area contributed by atoms with E-state index < -0.39 is 0 Å². The minimum Gasteiger partial charge on any atom is -0.351 e. The van der Waals surface area contributed by atoms with Crippen molar-refractivity contribution in [3.8, 4) is 0 Å². The van der Waals surface area contributed by atoms with Crippen molar-refractivity contribution in [3.63, 3.8) is 0 Å². The fraction of sp³-hybridized carbons (Fsp3) is 0.474. The van der Waals surface area contributed by atoms with E-state index >= 15 is 0 Å². The Morgan fingerprint density at radius 2 is 2.15 bits per heavy atom. The SMILES string of the molecule is C[C@H]1Cn2nnc(C(=O)NCCCN3CCc4ccccc4C3)c2C(=O)N1. The molecule has 2 aliphatic rings. The van der Waals surface area contributed by atoms with Crippen molar-refractivity contribution in [2.24, 2.45) is 0 Å². The first kappa shape index (κ1) is 17.7. The topological polar surface area (TPSA) is 92.2 Å². The predicted octanol–water partition coefficient (Wildman–Crippen LogP) is 0.588. The third-order valence-corrected chi connectivity index (χ3v) is 5.14. The molecule has 0 bridgehead atoms. The average molecular weight is 368 g/mol. The lowest BCUT2D eigenvalue weighted by Gasteiger charge is -2.28. The van der Waals surface area contributed by atoms with Crippen LogP contribution in [0.2, 0.25) is 0 Å². The molecule has 1 aromatic carbocycles. The molecule has 0 fully saturated rings. The molecule has 8 nitrogen and oxygen atoms in total. The highest BCUT2D eigenvalue weighted by Crippen LogP contribution is 2.18. The number of rotatable bonds is 5. The first-order valence-corrected chi connectivity index (χ1v) is 9.43. The Balaban J connectivity index is 1.27. The van der Waals surface area contributed by atoms with Crippen molar-refractivity contribution in [2.75, 3.05) is 19.6 Å². The summed E-state index contributed by atoms with van der Waals surface area (Å²) in [6.45, 7) is 5.88. The summed E-state index contributed by atoms with van der Waals surface area (Å²) in [5.74, 6) is -0.638. The summed E-state index contributed by atoms with van der Waals surface area (Å²) < 4.78 is 1.50. The average Bonchev–Trinajstić information content (AvgIpc) is 3.09. The Morgan fingerprint density at radius 3 is 3.00 bits per heavy atom. The molecular weight excluding hydrogens is 344 g/mol. The number of carbonyl (C=O) groups is 2. The van der Waals surface area contributed by atoms with Gasteiger partial charge in [-0.25, -0.2) is 4.68 Å². The maximum Gasteiger partial charge on any atom is 0.274 e. The molecular formula is C19H24N6O2. The largest absolute Gasteiger partial charge is 0.351 e.